The van der Waals surface area contributed by atoms with Crippen molar-refractivity contribution in [2.45, 2.75) is 26.9 Å². The van der Waals surface area contributed by atoms with E-state index in [1.807, 2.05) is 13.8 Å². The molecule has 0 aliphatic rings. The van der Waals surface area contributed by atoms with Gasteiger partial charge in [0.05, 0.1) is 10.5 Å². The van der Waals surface area contributed by atoms with E-state index in [0.717, 1.165) is 4.68 Å². The lowest BCUT2D eigenvalue weighted by molar-refractivity contribution is 0.0966. The normalized spacial score (nSPS) is 11.7. The Kier molecular flexibility index (Phi) is 4.68. The molecule has 0 fully saturated rings. The number of fused-ring (bicyclic) bond motifs is 3. The first kappa shape index (κ1) is 18.6. The summed E-state index contributed by atoms with van der Waals surface area (Å²) in [5, 5.41) is 6.41. The molecule has 0 aliphatic heterocycles. The molecule has 0 saturated heterocycles. The first-order valence-electron chi connectivity index (χ1n) is 8.75. The van der Waals surface area contributed by atoms with Gasteiger partial charge in [-0.3, -0.25) is 14.2 Å². The second kappa shape index (κ2) is 7.03. The zero-order chi connectivity index (χ0) is 20.0. The molecule has 3 aromatic heterocycles. The lowest BCUT2D eigenvalue weighted by atomic mass is 10.1. The van der Waals surface area contributed by atoms with E-state index in [1.54, 1.807) is 35.7 Å². The number of thiophene rings is 1. The molecule has 9 heteroatoms. The van der Waals surface area contributed by atoms with E-state index >= 15 is 0 Å². The number of rotatable bonds is 5. The van der Waals surface area contributed by atoms with Crippen LogP contribution in [0.2, 0.25) is 5.02 Å². The zero-order valence-corrected chi connectivity index (χ0v) is 16.8. The van der Waals surface area contributed by atoms with Crippen LogP contribution >= 0.6 is 22.9 Å². The SMILES string of the molecule is CC(C)Cn1c(=O)c2sccc2n2c(=O)n(CC(=O)c3ccccc3Cl)nc12. The Labute approximate surface area is 168 Å². The van der Waals surface area contributed by atoms with E-state index < -0.39 is 5.69 Å². The minimum absolute atomic E-state index is 0.180. The van der Waals surface area contributed by atoms with E-state index in [0.29, 0.717) is 27.3 Å². The van der Waals surface area contributed by atoms with Gasteiger partial charge in [0, 0.05) is 12.1 Å². The summed E-state index contributed by atoms with van der Waals surface area (Å²) < 4.78 is 4.48. The minimum atomic E-state index is -0.462. The van der Waals surface area contributed by atoms with E-state index in [1.165, 1.54) is 20.3 Å². The van der Waals surface area contributed by atoms with Crippen molar-refractivity contribution < 1.29 is 4.79 Å². The monoisotopic (exact) mass is 416 g/mol. The molecule has 4 rings (SSSR count). The predicted molar refractivity (Wildman–Crippen MR) is 110 cm³/mol. The highest BCUT2D eigenvalue weighted by molar-refractivity contribution is 7.17. The van der Waals surface area contributed by atoms with Crippen molar-refractivity contribution >= 4 is 44.7 Å². The molecule has 0 aliphatic carbocycles. The maximum atomic E-state index is 13.0. The molecule has 0 bridgehead atoms. The van der Waals surface area contributed by atoms with Crippen LogP contribution in [0.4, 0.5) is 0 Å². The summed E-state index contributed by atoms with van der Waals surface area (Å²) in [6.45, 7) is 4.13. The highest BCUT2D eigenvalue weighted by Crippen LogP contribution is 2.19. The standard InChI is InChI=1S/C19H17ClN4O3S/c1-11(2)9-22-17(26)16-14(7-8-28-16)24-18(22)21-23(19(24)27)10-15(25)12-5-3-4-6-13(12)20/h3-8,11H,9-10H2,1-2H3. The summed E-state index contributed by atoms with van der Waals surface area (Å²) in [4.78, 5) is 38.5. The molecule has 0 atom stereocenters. The second-order valence-electron chi connectivity index (χ2n) is 6.92. The van der Waals surface area contributed by atoms with Crippen LogP contribution in [0.15, 0.2) is 45.3 Å². The third kappa shape index (κ3) is 2.98. The molecule has 7 nitrogen and oxygen atoms in total. The van der Waals surface area contributed by atoms with Crippen molar-refractivity contribution in [2.75, 3.05) is 0 Å². The van der Waals surface area contributed by atoms with Gasteiger partial charge < -0.3 is 0 Å². The number of hydrogen-bond donors (Lipinski definition) is 0. The van der Waals surface area contributed by atoms with Gasteiger partial charge in [0.25, 0.3) is 5.56 Å². The molecular formula is C19H17ClN4O3S. The fourth-order valence-electron chi connectivity index (χ4n) is 3.18. The van der Waals surface area contributed by atoms with Gasteiger partial charge in [0.2, 0.25) is 5.78 Å². The predicted octanol–water partition coefficient (Wildman–Crippen LogP) is 3.06. The number of aromatic nitrogens is 4. The van der Waals surface area contributed by atoms with Crippen LogP contribution in [0.3, 0.4) is 0 Å². The van der Waals surface area contributed by atoms with Crippen molar-refractivity contribution in [3.8, 4) is 0 Å². The number of benzene rings is 1. The van der Waals surface area contributed by atoms with Crippen LogP contribution in [0, 0.1) is 5.92 Å². The number of carbonyl (C=O) groups excluding carboxylic acids is 1. The maximum Gasteiger partial charge on any atom is 0.352 e. The fourth-order valence-corrected chi connectivity index (χ4v) is 4.24. The Hall–Kier alpha value is -2.71. The molecular weight excluding hydrogens is 400 g/mol. The van der Waals surface area contributed by atoms with E-state index in [2.05, 4.69) is 5.10 Å². The van der Waals surface area contributed by atoms with Crippen molar-refractivity contribution in [1.29, 1.82) is 0 Å². The molecule has 144 valence electrons. The molecule has 0 N–H and O–H groups in total. The van der Waals surface area contributed by atoms with Gasteiger partial charge in [-0.25, -0.2) is 13.9 Å². The Morgan fingerprint density at radius 1 is 1.21 bits per heavy atom. The highest BCUT2D eigenvalue weighted by Gasteiger charge is 2.20. The fraction of sp³-hybridized carbons (Fsp3) is 0.263. The molecule has 1 aromatic carbocycles. The van der Waals surface area contributed by atoms with Crippen LogP contribution < -0.4 is 11.2 Å². The molecule has 3 heterocycles. The number of halogens is 1. The summed E-state index contributed by atoms with van der Waals surface area (Å²) in [6.07, 6.45) is 0. The van der Waals surface area contributed by atoms with Crippen molar-refractivity contribution in [2.24, 2.45) is 5.92 Å². The topological polar surface area (TPSA) is 78.4 Å². The Bertz CT molecular complexity index is 1330. The van der Waals surface area contributed by atoms with Crippen molar-refractivity contribution in [3.05, 3.63) is 67.1 Å². The quantitative estimate of drug-likeness (QED) is 0.468. The van der Waals surface area contributed by atoms with E-state index in [4.69, 9.17) is 11.6 Å². The lowest BCUT2D eigenvalue weighted by Crippen LogP contribution is -2.27. The molecule has 0 saturated carbocycles. The first-order valence-corrected chi connectivity index (χ1v) is 10.0. The average Bonchev–Trinajstić information content (AvgIpc) is 3.24. The summed E-state index contributed by atoms with van der Waals surface area (Å²) in [5.74, 6) is 0.0981. The van der Waals surface area contributed by atoms with Gasteiger partial charge in [-0.2, -0.15) is 0 Å². The molecule has 28 heavy (non-hydrogen) atoms. The number of Topliss-reactive ketones (excluding diaryl/α,β-unsaturated/α-hetero) is 1. The average molecular weight is 417 g/mol. The van der Waals surface area contributed by atoms with Gasteiger partial charge >= 0.3 is 5.69 Å². The molecule has 0 radical (unpaired) electrons. The van der Waals surface area contributed by atoms with Gasteiger partial charge in [0.1, 0.15) is 11.2 Å². The number of carbonyl (C=O) groups is 1. The maximum absolute atomic E-state index is 13.0. The third-order valence-corrected chi connectivity index (χ3v) is 5.62. The Morgan fingerprint density at radius 3 is 2.68 bits per heavy atom. The Balaban J connectivity index is 1.91. The van der Waals surface area contributed by atoms with Gasteiger partial charge in [-0.05, 0) is 29.5 Å². The lowest BCUT2D eigenvalue weighted by Gasteiger charge is -2.09. The molecule has 4 aromatic rings. The zero-order valence-electron chi connectivity index (χ0n) is 15.3. The largest absolute Gasteiger partial charge is 0.352 e. The summed E-state index contributed by atoms with van der Waals surface area (Å²) in [6, 6.07) is 8.39. The van der Waals surface area contributed by atoms with Crippen LogP contribution in [-0.4, -0.2) is 24.5 Å². The van der Waals surface area contributed by atoms with Crippen molar-refractivity contribution in [3.63, 3.8) is 0 Å². The number of nitrogens with zero attached hydrogens (tertiary/aromatic N) is 4. The van der Waals surface area contributed by atoms with Crippen LogP contribution in [-0.2, 0) is 13.1 Å². The van der Waals surface area contributed by atoms with E-state index in [-0.39, 0.29) is 29.6 Å². The number of hydrogen-bond acceptors (Lipinski definition) is 5. The molecule has 0 unspecified atom stereocenters. The summed E-state index contributed by atoms with van der Waals surface area (Å²) in [5.41, 5.74) is 0.192. The second-order valence-corrected chi connectivity index (χ2v) is 8.25. The molecule has 0 amide bonds. The van der Waals surface area contributed by atoms with Gasteiger partial charge in [-0.15, -0.1) is 16.4 Å². The van der Waals surface area contributed by atoms with Crippen LogP contribution in [0.5, 0.6) is 0 Å². The smallest absolute Gasteiger partial charge is 0.292 e. The van der Waals surface area contributed by atoms with Crippen LogP contribution in [0.25, 0.3) is 16.0 Å². The van der Waals surface area contributed by atoms with E-state index in [9.17, 15) is 14.4 Å². The summed E-state index contributed by atoms with van der Waals surface area (Å²) >= 11 is 7.38. The van der Waals surface area contributed by atoms with Gasteiger partial charge in [0.15, 0.2) is 5.78 Å². The third-order valence-electron chi connectivity index (χ3n) is 4.40. The summed E-state index contributed by atoms with van der Waals surface area (Å²) in [7, 11) is 0. The highest BCUT2D eigenvalue weighted by atomic mass is 35.5. The van der Waals surface area contributed by atoms with Gasteiger partial charge in [-0.1, -0.05) is 37.6 Å². The minimum Gasteiger partial charge on any atom is -0.292 e. The number of ketones is 1. The molecule has 0 spiro atoms. The van der Waals surface area contributed by atoms with Crippen molar-refractivity contribution in [1.82, 2.24) is 18.7 Å². The van der Waals surface area contributed by atoms with Crippen LogP contribution in [0.1, 0.15) is 24.2 Å². The Morgan fingerprint density at radius 2 is 1.96 bits per heavy atom. The first-order chi connectivity index (χ1) is 13.4.